The zero-order valence-corrected chi connectivity index (χ0v) is 19.6. The number of hydrogen-bond acceptors (Lipinski definition) is 1. The normalized spacial score (nSPS) is 18.9. The second-order valence-electron chi connectivity index (χ2n) is 9.16. The number of allylic oxidation sites excluding steroid dienone is 6. The van der Waals surface area contributed by atoms with E-state index in [1.54, 1.807) is 0 Å². The largest absolute Gasteiger partial charge is 0.302 e. The molecule has 0 bridgehead atoms. The molecule has 0 saturated heterocycles. The molecule has 0 spiro atoms. The Kier molecular flexibility index (Phi) is 5.37. The first-order valence-corrected chi connectivity index (χ1v) is 11.9. The molecule has 0 N–H and O–H groups in total. The molecule has 3 aliphatic rings. The van der Waals surface area contributed by atoms with Gasteiger partial charge in [-0.25, -0.2) is 0 Å². The molecule has 5 rings (SSSR count). The molecule has 1 aliphatic heterocycles. The Labute approximate surface area is 192 Å². The number of anilines is 1. The van der Waals surface area contributed by atoms with Crippen LogP contribution < -0.4 is 4.90 Å². The van der Waals surface area contributed by atoms with Gasteiger partial charge in [0.1, 0.15) is 0 Å². The van der Waals surface area contributed by atoms with E-state index >= 15 is 0 Å². The van der Waals surface area contributed by atoms with Crippen LogP contribution in [0.4, 0.5) is 5.69 Å². The van der Waals surface area contributed by atoms with Crippen LogP contribution in [0.15, 0.2) is 112 Å². The Morgan fingerprint density at radius 1 is 1.00 bits per heavy atom. The van der Waals surface area contributed by atoms with Crippen molar-refractivity contribution in [1.29, 1.82) is 0 Å². The topological polar surface area (TPSA) is 3.24 Å². The lowest BCUT2D eigenvalue weighted by Gasteiger charge is -2.40. The number of nitrogens with zero attached hydrogens (tertiary/aromatic N) is 1. The van der Waals surface area contributed by atoms with Crippen LogP contribution >= 0.6 is 0 Å². The fraction of sp³-hybridized carbons (Fsp3) is 0.258. The maximum atomic E-state index is 3.76. The Balaban J connectivity index is 1.87. The van der Waals surface area contributed by atoms with Gasteiger partial charge in [-0.3, -0.25) is 0 Å². The molecule has 0 unspecified atom stereocenters. The zero-order chi connectivity index (χ0) is 22.2. The van der Waals surface area contributed by atoms with Crippen LogP contribution in [0.25, 0.3) is 5.70 Å². The third-order valence-corrected chi connectivity index (χ3v) is 6.81. The number of fused-ring (bicyclic) bond motifs is 3. The predicted molar refractivity (Wildman–Crippen MR) is 136 cm³/mol. The summed E-state index contributed by atoms with van der Waals surface area (Å²) in [7, 11) is 0. The van der Waals surface area contributed by atoms with Crippen LogP contribution in [-0.4, -0.2) is 0 Å². The monoisotopic (exact) mass is 417 g/mol. The lowest BCUT2D eigenvalue weighted by Crippen LogP contribution is -2.30. The highest BCUT2D eigenvalue weighted by atomic mass is 15.2. The molecule has 2 aromatic rings. The van der Waals surface area contributed by atoms with Crippen LogP contribution in [0.5, 0.6) is 0 Å². The van der Waals surface area contributed by atoms with Gasteiger partial charge in [-0.15, -0.1) is 0 Å². The maximum Gasteiger partial charge on any atom is 0.0973 e. The van der Waals surface area contributed by atoms with Crippen molar-refractivity contribution in [1.82, 2.24) is 0 Å². The molecule has 0 atom stereocenters. The number of rotatable bonds is 3. The van der Waals surface area contributed by atoms with Crippen molar-refractivity contribution in [3.05, 3.63) is 123 Å². The van der Waals surface area contributed by atoms with E-state index in [0.717, 1.165) is 25.0 Å². The Hall–Kier alpha value is -3.28. The second kappa shape index (κ2) is 8.34. The lowest BCUT2D eigenvalue weighted by molar-refractivity contribution is 0.791. The van der Waals surface area contributed by atoms with Crippen LogP contribution in [0.3, 0.4) is 0 Å². The first-order chi connectivity index (χ1) is 15.6. The first kappa shape index (κ1) is 20.6. The maximum absolute atomic E-state index is 3.76. The molecule has 2 aliphatic carbocycles. The van der Waals surface area contributed by atoms with Gasteiger partial charge in [0, 0.05) is 16.8 Å². The van der Waals surface area contributed by atoms with E-state index in [4.69, 9.17) is 0 Å². The molecule has 160 valence electrons. The lowest BCUT2D eigenvalue weighted by atomic mass is 9.79. The molecule has 0 radical (unpaired) electrons. The molecule has 2 aromatic carbocycles. The summed E-state index contributed by atoms with van der Waals surface area (Å²) >= 11 is 0. The minimum Gasteiger partial charge on any atom is -0.302 e. The van der Waals surface area contributed by atoms with E-state index in [-0.39, 0.29) is 0 Å². The summed E-state index contributed by atoms with van der Waals surface area (Å²) in [6.45, 7) is 9.08. The van der Waals surface area contributed by atoms with Gasteiger partial charge in [0.15, 0.2) is 0 Å². The van der Waals surface area contributed by atoms with Gasteiger partial charge in [-0.05, 0) is 78.2 Å². The molecule has 1 heteroatoms. The van der Waals surface area contributed by atoms with Gasteiger partial charge >= 0.3 is 0 Å². The molecule has 0 fully saturated rings. The summed E-state index contributed by atoms with van der Waals surface area (Å²) in [6, 6.07) is 19.7. The number of hydrogen-bond donors (Lipinski definition) is 0. The quantitative estimate of drug-likeness (QED) is 0.455. The smallest absolute Gasteiger partial charge is 0.0973 e. The average Bonchev–Trinajstić information content (AvgIpc) is 3.00. The van der Waals surface area contributed by atoms with E-state index < -0.39 is 0 Å². The molecule has 32 heavy (non-hydrogen) atoms. The molecule has 0 aromatic heterocycles. The molecular formula is C31H31N. The third-order valence-electron chi connectivity index (χ3n) is 6.81. The summed E-state index contributed by atoms with van der Waals surface area (Å²) in [5.74, 6) is 0.456. The molecule has 1 heterocycles. The fourth-order valence-electron chi connectivity index (χ4n) is 5.17. The van der Waals surface area contributed by atoms with Crippen molar-refractivity contribution in [3.8, 4) is 0 Å². The minimum atomic E-state index is 0.456. The van der Waals surface area contributed by atoms with Crippen LogP contribution in [0.1, 0.15) is 51.7 Å². The number of para-hydroxylation sites is 1. The van der Waals surface area contributed by atoms with E-state index in [0.29, 0.717) is 5.92 Å². The standard InChI is InChI=1S/C31H31N/c1-5-11-25-20-24(21(2)3)17-19-29-30(25)22(4)27-18-16-23-12-9-10-15-28(23)31(27)32(29)26-13-7-6-8-14-26/h6-15,17,20-21H,5,16,18H2,1-4H3/b25-11-. The molecular weight excluding hydrogens is 386 g/mol. The Morgan fingerprint density at radius 2 is 1.75 bits per heavy atom. The highest BCUT2D eigenvalue weighted by Gasteiger charge is 2.35. The highest BCUT2D eigenvalue weighted by molar-refractivity contribution is 5.94. The molecule has 1 nitrogen and oxygen atoms in total. The minimum absolute atomic E-state index is 0.456. The van der Waals surface area contributed by atoms with E-state index in [9.17, 15) is 0 Å². The summed E-state index contributed by atoms with van der Waals surface area (Å²) in [5.41, 5.74) is 17.1. The van der Waals surface area contributed by atoms with Gasteiger partial charge in [0.2, 0.25) is 0 Å². The van der Waals surface area contributed by atoms with E-state index in [1.165, 1.54) is 50.4 Å². The second-order valence-corrected chi connectivity index (χ2v) is 9.16. The summed E-state index contributed by atoms with van der Waals surface area (Å²) in [6.07, 6.45) is 10.2. The van der Waals surface area contributed by atoms with Crippen molar-refractivity contribution in [2.45, 2.75) is 47.0 Å². The summed E-state index contributed by atoms with van der Waals surface area (Å²) in [4.78, 5) is 2.47. The summed E-state index contributed by atoms with van der Waals surface area (Å²) in [5, 5.41) is 0. The van der Waals surface area contributed by atoms with Crippen LogP contribution in [0.2, 0.25) is 0 Å². The van der Waals surface area contributed by atoms with Crippen molar-refractivity contribution >= 4 is 11.4 Å². The summed E-state index contributed by atoms with van der Waals surface area (Å²) < 4.78 is 0. The first-order valence-electron chi connectivity index (χ1n) is 11.9. The van der Waals surface area contributed by atoms with E-state index in [1.807, 2.05) is 0 Å². The van der Waals surface area contributed by atoms with Gasteiger partial charge in [0.25, 0.3) is 0 Å². The number of benzene rings is 2. The van der Waals surface area contributed by atoms with Crippen molar-refractivity contribution in [2.24, 2.45) is 5.92 Å². The van der Waals surface area contributed by atoms with Gasteiger partial charge in [-0.2, -0.15) is 0 Å². The third kappa shape index (κ3) is 3.34. The van der Waals surface area contributed by atoms with Crippen LogP contribution in [0, 0.1) is 5.92 Å². The van der Waals surface area contributed by atoms with Crippen molar-refractivity contribution in [2.75, 3.05) is 4.90 Å². The predicted octanol–water partition coefficient (Wildman–Crippen LogP) is 8.15. The van der Waals surface area contributed by atoms with Crippen molar-refractivity contribution < 1.29 is 0 Å². The van der Waals surface area contributed by atoms with Gasteiger partial charge in [0.05, 0.1) is 11.4 Å². The van der Waals surface area contributed by atoms with Gasteiger partial charge in [-0.1, -0.05) is 81.1 Å². The zero-order valence-electron chi connectivity index (χ0n) is 19.6. The van der Waals surface area contributed by atoms with Crippen molar-refractivity contribution in [3.63, 3.8) is 0 Å². The Bertz CT molecular complexity index is 1250. The molecule has 0 amide bonds. The molecule has 0 saturated carbocycles. The highest BCUT2D eigenvalue weighted by Crippen LogP contribution is 2.49. The van der Waals surface area contributed by atoms with E-state index in [2.05, 4.69) is 111 Å². The average molecular weight is 418 g/mol. The van der Waals surface area contributed by atoms with Crippen LogP contribution in [-0.2, 0) is 6.42 Å². The van der Waals surface area contributed by atoms with Gasteiger partial charge < -0.3 is 4.90 Å². The fourth-order valence-corrected chi connectivity index (χ4v) is 5.17. The Morgan fingerprint density at radius 3 is 2.50 bits per heavy atom. The number of aryl methyl sites for hydroxylation is 1. The SMILES string of the molecule is CC/C=C1/C=C(C(C)C)C=C=C2C1=C(C)C1=C(c3ccccc3CC1)N2c1ccccc1.